The number of aromatic nitrogens is 2. The van der Waals surface area contributed by atoms with Gasteiger partial charge in [0.05, 0.1) is 22.3 Å². The lowest BCUT2D eigenvalue weighted by Crippen LogP contribution is -2.38. The molecule has 0 unspecified atom stereocenters. The summed E-state index contributed by atoms with van der Waals surface area (Å²) in [5, 5.41) is 0. The topological polar surface area (TPSA) is 69.3 Å². The summed E-state index contributed by atoms with van der Waals surface area (Å²) in [4.78, 5) is 38.7. The van der Waals surface area contributed by atoms with E-state index in [9.17, 15) is 9.59 Å². The van der Waals surface area contributed by atoms with Crippen LogP contribution in [0, 0.1) is 0 Å². The molecule has 0 atom stereocenters. The number of para-hydroxylation sites is 2. The van der Waals surface area contributed by atoms with Crippen LogP contribution in [0.3, 0.4) is 0 Å². The quantitative estimate of drug-likeness (QED) is 0.591. The number of rotatable bonds is 5. The third-order valence-corrected chi connectivity index (χ3v) is 7.56. The Morgan fingerprint density at radius 2 is 1.66 bits per heavy atom. The summed E-state index contributed by atoms with van der Waals surface area (Å²) in [7, 11) is 0. The molecule has 32 heavy (non-hydrogen) atoms. The number of likely N-dealkylation sites (tertiary alicyclic amines) is 2. The lowest BCUT2D eigenvalue weighted by Gasteiger charge is -2.31. The van der Waals surface area contributed by atoms with E-state index in [-0.39, 0.29) is 11.8 Å². The minimum absolute atomic E-state index is 0.0600. The number of benzene rings is 2. The molecule has 7 heteroatoms. The van der Waals surface area contributed by atoms with Crippen molar-refractivity contribution in [2.45, 2.75) is 36.5 Å². The van der Waals surface area contributed by atoms with Gasteiger partial charge >= 0.3 is 0 Å². The molecule has 2 aliphatic rings. The van der Waals surface area contributed by atoms with E-state index in [1.165, 1.54) is 11.8 Å². The molecule has 2 saturated heterocycles. The predicted octanol–water partition coefficient (Wildman–Crippen LogP) is 4.30. The van der Waals surface area contributed by atoms with Gasteiger partial charge in [-0.2, -0.15) is 0 Å². The number of H-pyrrole nitrogens is 1. The van der Waals surface area contributed by atoms with Crippen LogP contribution in [0.1, 0.15) is 47.8 Å². The van der Waals surface area contributed by atoms with Gasteiger partial charge in [0.1, 0.15) is 5.82 Å². The number of piperidine rings is 1. The molecular weight excluding hydrogens is 420 g/mol. The molecule has 166 valence electrons. The third kappa shape index (κ3) is 4.39. The second-order valence-electron chi connectivity index (χ2n) is 8.58. The molecule has 0 aliphatic carbocycles. The summed E-state index contributed by atoms with van der Waals surface area (Å²) < 4.78 is 0. The molecule has 6 nitrogen and oxygen atoms in total. The molecule has 0 saturated carbocycles. The molecule has 2 aliphatic heterocycles. The van der Waals surface area contributed by atoms with Gasteiger partial charge in [0.2, 0.25) is 5.91 Å². The van der Waals surface area contributed by atoms with E-state index in [1.54, 1.807) is 0 Å². The van der Waals surface area contributed by atoms with Gasteiger partial charge in [-0.15, -0.1) is 11.8 Å². The fourth-order valence-electron chi connectivity index (χ4n) is 4.66. The molecule has 2 fully saturated rings. The average Bonchev–Trinajstić information content (AvgIpc) is 3.53. The van der Waals surface area contributed by atoms with Crippen LogP contribution in [-0.2, 0) is 4.79 Å². The largest absolute Gasteiger partial charge is 0.342 e. The Kier molecular flexibility index (Phi) is 6.17. The van der Waals surface area contributed by atoms with Gasteiger partial charge in [-0.1, -0.05) is 24.3 Å². The number of nitrogens with zero attached hydrogens (tertiary/aromatic N) is 3. The molecule has 5 rings (SSSR count). The highest BCUT2D eigenvalue weighted by atomic mass is 32.2. The van der Waals surface area contributed by atoms with Gasteiger partial charge in [-0.25, -0.2) is 4.98 Å². The van der Waals surface area contributed by atoms with E-state index in [1.807, 2.05) is 58.3 Å². The molecule has 0 radical (unpaired) electrons. The van der Waals surface area contributed by atoms with Crippen molar-refractivity contribution in [3.8, 4) is 0 Å². The Hall–Kier alpha value is -2.80. The van der Waals surface area contributed by atoms with Crippen molar-refractivity contribution in [1.82, 2.24) is 19.8 Å². The van der Waals surface area contributed by atoms with Crippen molar-refractivity contribution in [2.75, 3.05) is 31.9 Å². The summed E-state index contributed by atoms with van der Waals surface area (Å²) in [6.45, 7) is 3.15. The Morgan fingerprint density at radius 3 is 2.44 bits per heavy atom. The zero-order valence-corrected chi connectivity index (χ0v) is 18.9. The number of aromatic amines is 1. The SMILES string of the molecule is O=C(CSc1ccccc1C(=O)N1CCC(c2nc3ccccc3[nH]2)CC1)N1CCCC1. The average molecular weight is 449 g/mol. The van der Waals surface area contributed by atoms with Gasteiger partial charge in [-0.3, -0.25) is 9.59 Å². The maximum Gasteiger partial charge on any atom is 0.254 e. The number of hydrogen-bond acceptors (Lipinski definition) is 4. The Balaban J connectivity index is 1.22. The molecule has 1 N–H and O–H groups in total. The summed E-state index contributed by atoms with van der Waals surface area (Å²) in [5.74, 6) is 1.98. The van der Waals surface area contributed by atoms with Crippen LogP contribution in [0.2, 0.25) is 0 Å². The van der Waals surface area contributed by atoms with E-state index in [4.69, 9.17) is 4.98 Å². The number of amides is 2. The standard InChI is InChI=1S/C25H28N4O2S/c30-23(28-13-5-6-14-28)17-32-22-10-4-1-7-19(22)25(31)29-15-11-18(12-16-29)24-26-20-8-2-3-9-21(20)27-24/h1-4,7-10,18H,5-6,11-17H2,(H,26,27). The van der Waals surface area contributed by atoms with Crippen molar-refractivity contribution in [3.05, 3.63) is 59.9 Å². The number of thioether (sulfide) groups is 1. The van der Waals surface area contributed by atoms with Gasteiger partial charge in [0, 0.05) is 37.0 Å². The van der Waals surface area contributed by atoms with Crippen LogP contribution in [0.5, 0.6) is 0 Å². The number of imidazole rings is 1. The second kappa shape index (κ2) is 9.36. The van der Waals surface area contributed by atoms with Crippen LogP contribution in [-0.4, -0.2) is 63.5 Å². The zero-order valence-electron chi connectivity index (χ0n) is 18.1. The first kappa shape index (κ1) is 21.1. The first-order valence-electron chi connectivity index (χ1n) is 11.4. The molecular formula is C25H28N4O2S. The number of nitrogens with one attached hydrogen (secondary N) is 1. The molecule has 0 spiro atoms. The van der Waals surface area contributed by atoms with E-state index >= 15 is 0 Å². The lowest BCUT2D eigenvalue weighted by atomic mass is 9.95. The van der Waals surface area contributed by atoms with Gasteiger partial charge in [-0.05, 0) is 49.9 Å². The molecule has 3 aromatic rings. The van der Waals surface area contributed by atoms with Gasteiger partial charge in [0.15, 0.2) is 0 Å². The minimum atomic E-state index is 0.0600. The van der Waals surface area contributed by atoms with Crippen LogP contribution in [0.15, 0.2) is 53.4 Å². The third-order valence-electron chi connectivity index (χ3n) is 6.50. The van der Waals surface area contributed by atoms with E-state index < -0.39 is 0 Å². The van der Waals surface area contributed by atoms with E-state index in [0.29, 0.717) is 30.3 Å². The normalized spacial score (nSPS) is 17.2. The Labute approximate surface area is 192 Å². The smallest absolute Gasteiger partial charge is 0.254 e. The molecule has 2 aromatic carbocycles. The van der Waals surface area contributed by atoms with Crippen LogP contribution < -0.4 is 0 Å². The highest BCUT2D eigenvalue weighted by Gasteiger charge is 2.28. The monoisotopic (exact) mass is 448 g/mol. The maximum absolute atomic E-state index is 13.3. The highest BCUT2D eigenvalue weighted by molar-refractivity contribution is 8.00. The number of hydrogen-bond donors (Lipinski definition) is 1. The molecule has 3 heterocycles. The predicted molar refractivity (Wildman–Crippen MR) is 127 cm³/mol. The summed E-state index contributed by atoms with van der Waals surface area (Å²) in [5.41, 5.74) is 2.76. The van der Waals surface area contributed by atoms with Crippen LogP contribution in [0.4, 0.5) is 0 Å². The van der Waals surface area contributed by atoms with Crippen LogP contribution >= 0.6 is 11.8 Å². The first-order valence-corrected chi connectivity index (χ1v) is 12.4. The highest BCUT2D eigenvalue weighted by Crippen LogP contribution is 2.30. The van der Waals surface area contributed by atoms with E-state index in [2.05, 4.69) is 4.98 Å². The maximum atomic E-state index is 13.3. The van der Waals surface area contributed by atoms with Crippen LogP contribution in [0.25, 0.3) is 11.0 Å². The van der Waals surface area contributed by atoms with E-state index in [0.717, 1.165) is 60.5 Å². The van der Waals surface area contributed by atoms with Crippen molar-refractivity contribution >= 4 is 34.6 Å². The fraction of sp³-hybridized carbons (Fsp3) is 0.400. The zero-order chi connectivity index (χ0) is 21.9. The number of carbonyl (C=O) groups excluding carboxylic acids is 2. The molecule has 2 amide bonds. The summed E-state index contributed by atoms with van der Waals surface area (Å²) in [6.07, 6.45) is 3.98. The minimum Gasteiger partial charge on any atom is -0.342 e. The second-order valence-corrected chi connectivity index (χ2v) is 9.60. The van der Waals surface area contributed by atoms with Gasteiger partial charge < -0.3 is 14.8 Å². The summed E-state index contributed by atoms with van der Waals surface area (Å²) in [6, 6.07) is 15.8. The van der Waals surface area contributed by atoms with Crippen molar-refractivity contribution in [2.24, 2.45) is 0 Å². The number of carbonyl (C=O) groups is 2. The van der Waals surface area contributed by atoms with Gasteiger partial charge in [0.25, 0.3) is 5.91 Å². The van der Waals surface area contributed by atoms with Crippen molar-refractivity contribution in [3.63, 3.8) is 0 Å². The lowest BCUT2D eigenvalue weighted by molar-refractivity contribution is -0.127. The Morgan fingerprint density at radius 1 is 0.938 bits per heavy atom. The first-order chi connectivity index (χ1) is 15.7. The summed E-state index contributed by atoms with van der Waals surface area (Å²) >= 11 is 1.48. The van der Waals surface area contributed by atoms with Crippen molar-refractivity contribution in [1.29, 1.82) is 0 Å². The molecule has 0 bridgehead atoms. The Bertz CT molecular complexity index is 1080. The molecule has 1 aromatic heterocycles. The van der Waals surface area contributed by atoms with Crippen molar-refractivity contribution < 1.29 is 9.59 Å². The number of fused-ring (bicyclic) bond motifs is 1. The fourth-order valence-corrected chi connectivity index (χ4v) is 5.61.